The van der Waals surface area contributed by atoms with Crippen LogP contribution < -0.4 is 14.8 Å². The number of hydrogen-bond donors (Lipinski definition) is 2. The fourth-order valence-electron chi connectivity index (χ4n) is 3.58. The lowest BCUT2D eigenvalue weighted by atomic mass is 10.1. The number of aromatic amines is 1. The molecule has 1 amide bonds. The van der Waals surface area contributed by atoms with Crippen molar-refractivity contribution < 1.29 is 14.3 Å². The Morgan fingerprint density at radius 1 is 1.06 bits per heavy atom. The molecule has 0 radical (unpaired) electrons. The first-order valence-electron chi connectivity index (χ1n) is 11.1. The number of aromatic nitrogens is 2. The Balaban J connectivity index is 1.49. The van der Waals surface area contributed by atoms with Crippen LogP contribution in [0.5, 0.6) is 11.5 Å². The predicted molar refractivity (Wildman–Crippen MR) is 137 cm³/mol. The number of amides is 1. The van der Waals surface area contributed by atoms with Gasteiger partial charge in [-0.25, -0.2) is 4.98 Å². The zero-order valence-corrected chi connectivity index (χ0v) is 20.0. The van der Waals surface area contributed by atoms with E-state index in [9.17, 15) is 10.1 Å². The highest BCUT2D eigenvalue weighted by molar-refractivity contribution is 5.92. The second-order valence-corrected chi connectivity index (χ2v) is 8.15. The van der Waals surface area contributed by atoms with Crippen LogP contribution in [0, 0.1) is 36.5 Å². The Labute approximate surface area is 208 Å². The Morgan fingerprint density at radius 2 is 1.81 bits per heavy atom. The van der Waals surface area contributed by atoms with E-state index >= 15 is 0 Å². The van der Waals surface area contributed by atoms with E-state index < -0.39 is 0 Å². The van der Waals surface area contributed by atoms with Crippen molar-refractivity contribution in [2.45, 2.75) is 13.8 Å². The van der Waals surface area contributed by atoms with Gasteiger partial charge in [0.2, 0.25) is 0 Å². The number of H-pyrrole nitrogens is 1. The number of carbonyl (C=O) groups excluding carboxylic acids is 1. The van der Waals surface area contributed by atoms with Crippen LogP contribution in [0.25, 0.3) is 22.7 Å². The zero-order chi connectivity index (χ0) is 25.7. The summed E-state index contributed by atoms with van der Waals surface area (Å²) in [6.07, 6.45) is 1.71. The van der Waals surface area contributed by atoms with Gasteiger partial charge in [0.15, 0.2) is 18.1 Å². The maximum Gasteiger partial charge on any atom is 0.262 e. The first-order chi connectivity index (χ1) is 17.4. The highest BCUT2D eigenvalue weighted by Crippen LogP contribution is 2.30. The molecule has 0 saturated heterocycles. The Kier molecular flexibility index (Phi) is 6.99. The minimum absolute atomic E-state index is 0.229. The molecule has 0 aliphatic rings. The highest BCUT2D eigenvalue weighted by atomic mass is 16.5. The predicted octanol–water partition coefficient (Wildman–Crippen LogP) is 5.14. The molecule has 2 N–H and O–H groups in total. The van der Waals surface area contributed by atoms with Crippen LogP contribution in [0.2, 0.25) is 0 Å². The van der Waals surface area contributed by atoms with Gasteiger partial charge < -0.3 is 19.8 Å². The number of aryl methyl sites for hydroxylation is 2. The molecule has 0 aliphatic heterocycles. The molecule has 0 fully saturated rings. The van der Waals surface area contributed by atoms with Crippen LogP contribution in [-0.4, -0.2) is 29.6 Å². The average Bonchev–Trinajstić information content (AvgIpc) is 3.29. The van der Waals surface area contributed by atoms with Gasteiger partial charge in [-0.15, -0.1) is 0 Å². The number of nitrogens with one attached hydrogen (secondary N) is 2. The van der Waals surface area contributed by atoms with E-state index in [-0.39, 0.29) is 12.5 Å². The van der Waals surface area contributed by atoms with Crippen LogP contribution in [0.15, 0.2) is 54.6 Å². The molecule has 0 saturated carbocycles. The van der Waals surface area contributed by atoms with E-state index in [0.29, 0.717) is 39.7 Å². The molecule has 0 atom stereocenters. The van der Waals surface area contributed by atoms with E-state index in [4.69, 9.17) is 14.7 Å². The van der Waals surface area contributed by atoms with Crippen molar-refractivity contribution in [3.8, 4) is 23.6 Å². The molecule has 1 aromatic heterocycles. The normalized spacial score (nSPS) is 11.0. The maximum absolute atomic E-state index is 12.3. The third-order valence-corrected chi connectivity index (χ3v) is 5.63. The molecule has 0 aliphatic carbocycles. The third kappa shape index (κ3) is 5.35. The smallest absolute Gasteiger partial charge is 0.262 e. The van der Waals surface area contributed by atoms with Crippen molar-refractivity contribution in [2.75, 3.05) is 19.0 Å². The van der Waals surface area contributed by atoms with Crippen molar-refractivity contribution in [1.82, 2.24) is 9.97 Å². The largest absolute Gasteiger partial charge is 0.493 e. The number of nitriles is 2. The van der Waals surface area contributed by atoms with Gasteiger partial charge >= 0.3 is 0 Å². The van der Waals surface area contributed by atoms with Gasteiger partial charge in [-0.3, -0.25) is 4.79 Å². The minimum atomic E-state index is -0.354. The summed E-state index contributed by atoms with van der Waals surface area (Å²) in [6.45, 7) is 3.83. The van der Waals surface area contributed by atoms with E-state index in [2.05, 4.69) is 21.4 Å². The number of imidazole rings is 1. The van der Waals surface area contributed by atoms with Crippen molar-refractivity contribution in [3.05, 3.63) is 82.7 Å². The molecule has 0 bridgehead atoms. The lowest BCUT2D eigenvalue weighted by Gasteiger charge is -2.12. The second kappa shape index (κ2) is 10.5. The average molecular weight is 478 g/mol. The fraction of sp³-hybridized carbons (Fsp3) is 0.143. The van der Waals surface area contributed by atoms with Gasteiger partial charge in [-0.1, -0.05) is 6.07 Å². The SMILES string of the molecule is COc1cc(/C=C(\C#N)c2nc3cc(C)c(C)cc3[nH]2)ccc1OCC(=O)Nc1ccc(C#N)cc1. The monoisotopic (exact) mass is 477 g/mol. The van der Waals surface area contributed by atoms with E-state index in [1.807, 2.05) is 32.0 Å². The number of ether oxygens (including phenoxy) is 2. The van der Waals surface area contributed by atoms with Crippen LogP contribution >= 0.6 is 0 Å². The third-order valence-electron chi connectivity index (χ3n) is 5.63. The summed E-state index contributed by atoms with van der Waals surface area (Å²) in [5.41, 5.74) is 6.11. The summed E-state index contributed by atoms with van der Waals surface area (Å²) < 4.78 is 11.1. The van der Waals surface area contributed by atoms with Crippen LogP contribution in [0.4, 0.5) is 5.69 Å². The van der Waals surface area contributed by atoms with Crippen molar-refractivity contribution >= 4 is 34.3 Å². The number of allylic oxidation sites excluding steroid dienone is 1. The second-order valence-electron chi connectivity index (χ2n) is 8.15. The molecule has 0 spiro atoms. The summed E-state index contributed by atoms with van der Waals surface area (Å²) in [5, 5.41) is 21.3. The van der Waals surface area contributed by atoms with Gasteiger partial charge in [0.05, 0.1) is 35.3 Å². The lowest BCUT2D eigenvalue weighted by Crippen LogP contribution is -2.20. The standard InChI is InChI=1S/C28H23N5O3/c1-17-10-23-24(11-18(17)2)33-28(32-23)21(15-30)12-20-6-9-25(26(13-20)35-3)36-16-27(34)31-22-7-4-19(14-29)5-8-22/h4-13H,16H2,1-3H3,(H,31,34)(H,32,33)/b21-12+. The van der Waals surface area contributed by atoms with Crippen molar-refractivity contribution in [3.63, 3.8) is 0 Å². The molecule has 0 unspecified atom stereocenters. The Morgan fingerprint density at radius 3 is 2.50 bits per heavy atom. The number of carbonyl (C=O) groups is 1. The molecule has 3 aromatic carbocycles. The number of hydrogen-bond acceptors (Lipinski definition) is 6. The number of nitrogens with zero attached hydrogens (tertiary/aromatic N) is 3. The van der Waals surface area contributed by atoms with Gasteiger partial charge in [0, 0.05) is 5.69 Å². The van der Waals surface area contributed by atoms with Gasteiger partial charge in [-0.2, -0.15) is 10.5 Å². The zero-order valence-electron chi connectivity index (χ0n) is 20.0. The van der Waals surface area contributed by atoms with E-state index in [0.717, 1.165) is 22.2 Å². The Bertz CT molecular complexity index is 1510. The van der Waals surface area contributed by atoms with Gasteiger partial charge in [-0.05, 0) is 85.1 Å². The Hall–Kier alpha value is -5.08. The lowest BCUT2D eigenvalue weighted by molar-refractivity contribution is -0.118. The minimum Gasteiger partial charge on any atom is -0.493 e. The topological polar surface area (TPSA) is 124 Å². The molecule has 4 aromatic rings. The quantitative estimate of drug-likeness (QED) is 0.355. The summed E-state index contributed by atoms with van der Waals surface area (Å²) in [7, 11) is 1.50. The van der Waals surface area contributed by atoms with Gasteiger partial charge in [0.1, 0.15) is 11.9 Å². The molecule has 8 heteroatoms. The molecule has 8 nitrogen and oxygen atoms in total. The number of methoxy groups -OCH3 is 1. The van der Waals surface area contributed by atoms with Gasteiger partial charge in [0.25, 0.3) is 5.91 Å². The summed E-state index contributed by atoms with van der Waals surface area (Å²) in [5.74, 6) is 0.935. The summed E-state index contributed by atoms with van der Waals surface area (Å²) in [6, 6.07) is 19.9. The van der Waals surface area contributed by atoms with Crippen LogP contribution in [-0.2, 0) is 4.79 Å². The molecular formula is C28H23N5O3. The molecule has 36 heavy (non-hydrogen) atoms. The maximum atomic E-state index is 12.3. The number of fused-ring (bicyclic) bond motifs is 1. The molecule has 1 heterocycles. The first kappa shape index (κ1) is 24.1. The van der Waals surface area contributed by atoms with Crippen LogP contribution in [0.1, 0.15) is 28.1 Å². The summed E-state index contributed by atoms with van der Waals surface area (Å²) >= 11 is 0. The molecule has 4 rings (SSSR count). The first-order valence-corrected chi connectivity index (χ1v) is 11.1. The number of anilines is 1. The molecule has 178 valence electrons. The van der Waals surface area contributed by atoms with E-state index in [1.165, 1.54) is 7.11 Å². The molecular weight excluding hydrogens is 454 g/mol. The number of rotatable bonds is 7. The highest BCUT2D eigenvalue weighted by Gasteiger charge is 2.12. The number of benzene rings is 3. The fourth-order valence-corrected chi connectivity index (χ4v) is 3.58. The summed E-state index contributed by atoms with van der Waals surface area (Å²) in [4.78, 5) is 20.1. The van der Waals surface area contributed by atoms with Crippen molar-refractivity contribution in [1.29, 1.82) is 10.5 Å². The van der Waals surface area contributed by atoms with Crippen molar-refractivity contribution in [2.24, 2.45) is 0 Å². The van der Waals surface area contributed by atoms with E-state index in [1.54, 1.807) is 48.5 Å². The van der Waals surface area contributed by atoms with Crippen LogP contribution in [0.3, 0.4) is 0 Å².